The summed E-state index contributed by atoms with van der Waals surface area (Å²) < 4.78 is 5.54. The fourth-order valence-corrected chi connectivity index (χ4v) is 4.74. The van der Waals surface area contributed by atoms with Crippen LogP contribution in [-0.4, -0.2) is 53.9 Å². The molecule has 1 aromatic rings. The molecule has 1 unspecified atom stereocenters. The number of fused-ring (bicyclic) bond motifs is 1. The van der Waals surface area contributed by atoms with E-state index >= 15 is 0 Å². The van der Waals surface area contributed by atoms with E-state index in [1.165, 1.54) is 11.3 Å². The van der Waals surface area contributed by atoms with Crippen LogP contribution in [0.2, 0.25) is 0 Å². The zero-order valence-electron chi connectivity index (χ0n) is 16.0. The van der Waals surface area contributed by atoms with Gasteiger partial charge in [-0.25, -0.2) is 14.7 Å². The molecule has 142 valence electrons. The van der Waals surface area contributed by atoms with Gasteiger partial charge < -0.3 is 9.64 Å². The van der Waals surface area contributed by atoms with Crippen molar-refractivity contribution in [2.75, 3.05) is 38.0 Å². The molecule has 0 spiro atoms. The number of amides is 2. The maximum absolute atomic E-state index is 12.7. The van der Waals surface area contributed by atoms with E-state index in [1.807, 2.05) is 6.92 Å². The molecule has 2 aliphatic heterocycles. The molecule has 0 saturated carbocycles. The maximum Gasteiger partial charge on any atom is 0.330 e. The predicted molar refractivity (Wildman–Crippen MR) is 101 cm³/mol. The molecule has 0 radical (unpaired) electrons. The lowest BCUT2D eigenvalue weighted by atomic mass is 9.87. The Morgan fingerprint density at radius 2 is 2.15 bits per heavy atom. The molecule has 0 aromatic carbocycles. The molecule has 1 saturated heterocycles. The largest absolute Gasteiger partial charge is 0.340 e. The number of aromatic nitrogens is 1. The molecule has 0 N–H and O–H groups in total. The van der Waals surface area contributed by atoms with E-state index in [4.69, 9.17) is 9.72 Å². The fraction of sp³-hybridized carbons (Fsp3) is 0.722. The first-order valence-electron chi connectivity index (χ1n) is 9.24. The van der Waals surface area contributed by atoms with Gasteiger partial charge in [-0.05, 0) is 33.7 Å². The molecular weight excluding hydrogens is 350 g/mol. The van der Waals surface area contributed by atoms with E-state index in [0.717, 1.165) is 30.0 Å². The summed E-state index contributed by atoms with van der Waals surface area (Å²) in [6.07, 6.45) is 2.23. The van der Waals surface area contributed by atoms with Gasteiger partial charge in [0.25, 0.3) is 0 Å². The normalized spacial score (nSPS) is 23.0. The Morgan fingerprint density at radius 1 is 1.38 bits per heavy atom. The standard InChI is InChI=1S/C18H27N5O2S/c1-5-7-8-22-10-13(9-19)14-15(18(22,3)4)26-16(20-14)23-12-25-11-21(6-2)17(23)24/h13H,5-8,10-12H2,1-4H3. The van der Waals surface area contributed by atoms with Gasteiger partial charge in [0.15, 0.2) is 5.13 Å². The van der Waals surface area contributed by atoms with Crippen LogP contribution in [0.15, 0.2) is 0 Å². The molecular formula is C18H27N5O2S. The number of hydrogen-bond acceptors (Lipinski definition) is 6. The van der Waals surface area contributed by atoms with Gasteiger partial charge in [-0.1, -0.05) is 24.7 Å². The second-order valence-corrected chi connectivity index (χ2v) is 8.26. The van der Waals surface area contributed by atoms with Gasteiger partial charge >= 0.3 is 6.03 Å². The van der Waals surface area contributed by atoms with Crippen molar-refractivity contribution in [3.63, 3.8) is 0 Å². The smallest absolute Gasteiger partial charge is 0.330 e. The van der Waals surface area contributed by atoms with Crippen LogP contribution in [0, 0.1) is 11.3 Å². The van der Waals surface area contributed by atoms with Crippen LogP contribution < -0.4 is 4.90 Å². The Balaban J connectivity index is 1.96. The maximum atomic E-state index is 12.7. The van der Waals surface area contributed by atoms with Gasteiger partial charge in [-0.2, -0.15) is 5.26 Å². The summed E-state index contributed by atoms with van der Waals surface area (Å²) in [5.74, 6) is -0.261. The Kier molecular flexibility index (Phi) is 5.51. The van der Waals surface area contributed by atoms with Gasteiger partial charge in [-0.3, -0.25) is 4.90 Å². The Bertz CT molecular complexity index is 711. The third-order valence-corrected chi connectivity index (χ3v) is 6.65. The monoisotopic (exact) mass is 377 g/mol. The van der Waals surface area contributed by atoms with Gasteiger partial charge in [-0.15, -0.1) is 0 Å². The molecule has 2 aliphatic rings. The van der Waals surface area contributed by atoms with Crippen molar-refractivity contribution in [2.45, 2.75) is 52.0 Å². The number of carbonyl (C=O) groups excluding carboxylic acids is 1. The van der Waals surface area contributed by atoms with Gasteiger partial charge in [0.05, 0.1) is 22.2 Å². The van der Waals surface area contributed by atoms with Crippen molar-refractivity contribution >= 4 is 22.5 Å². The number of unbranched alkanes of at least 4 members (excludes halogenated alkanes) is 1. The highest BCUT2D eigenvalue weighted by molar-refractivity contribution is 7.16. The van der Waals surface area contributed by atoms with Crippen LogP contribution >= 0.6 is 11.3 Å². The SMILES string of the molecule is CCCCN1CC(C#N)c2nc(N3COCN(CC)C3=O)sc2C1(C)C. The number of nitrogens with zero attached hydrogens (tertiary/aromatic N) is 5. The highest BCUT2D eigenvalue weighted by Gasteiger charge is 2.43. The van der Waals surface area contributed by atoms with E-state index in [-0.39, 0.29) is 24.2 Å². The average molecular weight is 378 g/mol. The number of hydrogen-bond donors (Lipinski definition) is 0. The predicted octanol–water partition coefficient (Wildman–Crippen LogP) is 3.29. The van der Waals surface area contributed by atoms with Crippen LogP contribution in [0.5, 0.6) is 0 Å². The first-order valence-corrected chi connectivity index (χ1v) is 10.1. The van der Waals surface area contributed by atoms with Crippen molar-refractivity contribution in [1.82, 2.24) is 14.8 Å². The third-order valence-electron chi connectivity index (χ3n) is 5.24. The summed E-state index contributed by atoms with van der Waals surface area (Å²) >= 11 is 1.52. The van der Waals surface area contributed by atoms with Gasteiger partial charge in [0, 0.05) is 13.1 Å². The average Bonchev–Trinajstić information content (AvgIpc) is 3.08. The number of nitriles is 1. The minimum absolute atomic E-state index is 0.0843. The molecule has 3 rings (SSSR count). The summed E-state index contributed by atoms with van der Waals surface area (Å²) in [5, 5.41) is 10.3. The molecule has 1 aromatic heterocycles. The van der Waals surface area contributed by atoms with Crippen molar-refractivity contribution < 1.29 is 9.53 Å². The lowest BCUT2D eigenvalue weighted by Crippen LogP contribution is -2.50. The van der Waals surface area contributed by atoms with Crippen molar-refractivity contribution in [1.29, 1.82) is 5.26 Å². The third kappa shape index (κ3) is 3.20. The second kappa shape index (κ2) is 7.51. The summed E-state index contributed by atoms with van der Waals surface area (Å²) in [7, 11) is 0. The van der Waals surface area contributed by atoms with Crippen molar-refractivity contribution in [3.05, 3.63) is 10.6 Å². The van der Waals surface area contributed by atoms with E-state index < -0.39 is 0 Å². The van der Waals surface area contributed by atoms with E-state index in [2.05, 4.69) is 31.7 Å². The lowest BCUT2D eigenvalue weighted by molar-refractivity contribution is 0.0268. The molecule has 0 bridgehead atoms. The molecule has 1 atom stereocenters. The second-order valence-electron chi connectivity index (χ2n) is 7.28. The number of carbonyl (C=O) groups is 1. The van der Waals surface area contributed by atoms with E-state index in [0.29, 0.717) is 25.0 Å². The quantitative estimate of drug-likeness (QED) is 0.787. The number of urea groups is 1. The molecule has 1 fully saturated rings. The Morgan fingerprint density at radius 3 is 2.81 bits per heavy atom. The van der Waals surface area contributed by atoms with Crippen LogP contribution in [0.4, 0.5) is 9.93 Å². The number of rotatable bonds is 5. The lowest BCUT2D eigenvalue weighted by Gasteiger charge is -2.43. The van der Waals surface area contributed by atoms with E-state index in [1.54, 1.807) is 9.80 Å². The zero-order chi connectivity index (χ0) is 18.9. The van der Waals surface area contributed by atoms with Crippen molar-refractivity contribution in [2.24, 2.45) is 0 Å². The molecule has 7 nitrogen and oxygen atoms in total. The Labute approximate surface area is 159 Å². The van der Waals surface area contributed by atoms with Crippen molar-refractivity contribution in [3.8, 4) is 6.07 Å². The summed E-state index contributed by atoms with van der Waals surface area (Å²) in [6.45, 7) is 11.2. The van der Waals surface area contributed by atoms with Crippen LogP contribution in [-0.2, 0) is 10.3 Å². The Hall–Kier alpha value is -1.69. The molecule has 2 amide bonds. The minimum atomic E-state index is -0.261. The minimum Gasteiger partial charge on any atom is -0.340 e. The van der Waals surface area contributed by atoms with Gasteiger partial charge in [0.2, 0.25) is 0 Å². The molecule has 0 aliphatic carbocycles. The van der Waals surface area contributed by atoms with Crippen LogP contribution in [0.3, 0.4) is 0 Å². The fourth-order valence-electron chi connectivity index (χ4n) is 3.50. The van der Waals surface area contributed by atoms with Crippen LogP contribution in [0.1, 0.15) is 57.0 Å². The highest BCUT2D eigenvalue weighted by atomic mass is 32.1. The summed E-state index contributed by atoms with van der Waals surface area (Å²) in [4.78, 5) is 24.1. The molecule has 3 heterocycles. The highest BCUT2D eigenvalue weighted by Crippen LogP contribution is 2.45. The topological polar surface area (TPSA) is 72.7 Å². The molecule has 26 heavy (non-hydrogen) atoms. The van der Waals surface area contributed by atoms with E-state index in [9.17, 15) is 10.1 Å². The number of anilines is 1. The number of thiazole rings is 1. The zero-order valence-corrected chi connectivity index (χ0v) is 16.8. The first-order chi connectivity index (χ1) is 12.4. The van der Waals surface area contributed by atoms with Gasteiger partial charge in [0.1, 0.15) is 19.4 Å². The molecule has 8 heteroatoms. The van der Waals surface area contributed by atoms with Crippen LogP contribution in [0.25, 0.3) is 0 Å². The summed E-state index contributed by atoms with van der Waals surface area (Å²) in [6, 6.07) is 2.32. The first kappa shape index (κ1) is 19.1. The number of ether oxygens (including phenoxy) is 1. The summed E-state index contributed by atoms with van der Waals surface area (Å²) in [5.41, 5.74) is 0.629.